The first-order valence-corrected chi connectivity index (χ1v) is 7.71. The molecule has 1 aromatic heterocycles. The van der Waals surface area contributed by atoms with Gasteiger partial charge in [-0.25, -0.2) is 0 Å². The molecule has 1 heterocycles. The van der Waals surface area contributed by atoms with E-state index in [1.807, 2.05) is 0 Å². The molecule has 0 aromatic carbocycles. The molecular formula is C13H19N3S. The maximum atomic E-state index is 4.12. The maximum absolute atomic E-state index is 4.12. The second-order valence-corrected chi connectivity index (χ2v) is 6.84. The average Bonchev–Trinajstić information content (AvgIpc) is 2.80. The lowest BCUT2D eigenvalue weighted by atomic mass is 9.54. The fraction of sp³-hybridized carbons (Fsp3) is 0.846. The molecule has 0 aliphatic heterocycles. The van der Waals surface area contributed by atoms with Gasteiger partial charge in [-0.15, -0.1) is 5.10 Å². The van der Waals surface area contributed by atoms with Gasteiger partial charge in [0.15, 0.2) is 0 Å². The number of nitrogens with one attached hydrogen (secondary N) is 1. The molecule has 92 valence electrons. The number of nitrogens with zero attached hydrogens (tertiary/aromatic N) is 2. The molecule has 0 amide bonds. The molecule has 0 saturated heterocycles. The van der Waals surface area contributed by atoms with Crippen molar-refractivity contribution in [1.82, 2.24) is 14.9 Å². The van der Waals surface area contributed by atoms with Crippen LogP contribution in [0.4, 0.5) is 0 Å². The highest BCUT2D eigenvalue weighted by molar-refractivity contribution is 7.03. The largest absolute Gasteiger partial charge is 0.308 e. The van der Waals surface area contributed by atoms with E-state index in [1.165, 1.54) is 43.6 Å². The maximum Gasteiger partial charge on any atom is 0.0893 e. The minimum absolute atomic E-state index is 0.768. The van der Waals surface area contributed by atoms with Gasteiger partial charge in [0.25, 0.3) is 0 Å². The molecule has 4 saturated carbocycles. The SMILES string of the molecule is c1snnc1CNC1C2CC3CC(C2)CC1C3. The molecule has 0 radical (unpaired) electrons. The second-order valence-electron chi connectivity index (χ2n) is 6.23. The van der Waals surface area contributed by atoms with E-state index < -0.39 is 0 Å². The van der Waals surface area contributed by atoms with Crippen LogP contribution >= 0.6 is 11.5 Å². The molecular weight excluding hydrogens is 230 g/mol. The molecule has 1 N–H and O–H groups in total. The molecule has 4 fully saturated rings. The molecule has 5 rings (SSSR count). The lowest BCUT2D eigenvalue weighted by Crippen LogP contribution is -2.54. The van der Waals surface area contributed by atoms with Crippen LogP contribution in [-0.4, -0.2) is 15.6 Å². The highest BCUT2D eigenvalue weighted by Gasteiger charge is 2.47. The molecule has 4 heteroatoms. The van der Waals surface area contributed by atoms with E-state index in [1.54, 1.807) is 0 Å². The Kier molecular flexibility index (Phi) is 2.47. The summed E-state index contributed by atoms with van der Waals surface area (Å²) in [4.78, 5) is 0. The zero-order valence-electron chi connectivity index (χ0n) is 10.0. The third kappa shape index (κ3) is 1.82. The summed E-state index contributed by atoms with van der Waals surface area (Å²) in [6.07, 6.45) is 7.48. The van der Waals surface area contributed by atoms with Gasteiger partial charge in [-0.05, 0) is 67.3 Å². The van der Waals surface area contributed by atoms with Gasteiger partial charge in [0.1, 0.15) is 0 Å². The van der Waals surface area contributed by atoms with Crippen LogP contribution in [-0.2, 0) is 6.54 Å². The number of hydrogen-bond donors (Lipinski definition) is 1. The first-order chi connectivity index (χ1) is 8.38. The standard InChI is InChI=1S/C13H19N3S/c1-8-2-10-4-9(1)5-11(3-8)13(10)14-6-12-7-17-16-15-12/h7-11,13-14H,1-6H2. The highest BCUT2D eigenvalue weighted by atomic mass is 32.1. The van der Waals surface area contributed by atoms with Gasteiger partial charge >= 0.3 is 0 Å². The van der Waals surface area contributed by atoms with Crippen LogP contribution in [0.3, 0.4) is 0 Å². The lowest BCUT2D eigenvalue weighted by molar-refractivity contribution is -0.0143. The van der Waals surface area contributed by atoms with Crippen LogP contribution in [0.15, 0.2) is 5.38 Å². The molecule has 4 bridgehead atoms. The molecule has 0 unspecified atom stereocenters. The van der Waals surface area contributed by atoms with Crippen molar-refractivity contribution in [3.8, 4) is 0 Å². The van der Waals surface area contributed by atoms with Crippen molar-refractivity contribution < 1.29 is 0 Å². The Balaban J connectivity index is 1.44. The molecule has 3 nitrogen and oxygen atoms in total. The van der Waals surface area contributed by atoms with Gasteiger partial charge in [-0.1, -0.05) is 4.49 Å². The lowest BCUT2D eigenvalue weighted by Gasteiger charge is -2.54. The van der Waals surface area contributed by atoms with E-state index in [0.29, 0.717) is 0 Å². The number of aromatic nitrogens is 2. The molecule has 17 heavy (non-hydrogen) atoms. The summed E-state index contributed by atoms with van der Waals surface area (Å²) < 4.78 is 3.93. The van der Waals surface area contributed by atoms with Crippen molar-refractivity contribution in [2.45, 2.75) is 44.7 Å². The van der Waals surface area contributed by atoms with Crippen LogP contribution in [0, 0.1) is 23.7 Å². The Morgan fingerprint density at radius 2 is 1.82 bits per heavy atom. The van der Waals surface area contributed by atoms with E-state index in [0.717, 1.165) is 42.0 Å². The Bertz CT molecular complexity index is 361. The third-order valence-electron chi connectivity index (χ3n) is 5.15. The van der Waals surface area contributed by atoms with Gasteiger partial charge in [-0.2, -0.15) is 0 Å². The summed E-state index contributed by atoms with van der Waals surface area (Å²) in [6.45, 7) is 0.920. The predicted octanol–water partition coefficient (Wildman–Crippen LogP) is 2.45. The van der Waals surface area contributed by atoms with Gasteiger partial charge in [0, 0.05) is 18.0 Å². The molecule has 1 aromatic rings. The fourth-order valence-electron chi connectivity index (χ4n) is 4.74. The summed E-state index contributed by atoms with van der Waals surface area (Å²) in [6, 6.07) is 0.768. The molecule has 0 spiro atoms. The van der Waals surface area contributed by atoms with Crippen LogP contribution in [0.5, 0.6) is 0 Å². The van der Waals surface area contributed by atoms with Crippen LogP contribution in [0.25, 0.3) is 0 Å². The minimum atomic E-state index is 0.768. The molecule has 0 atom stereocenters. The predicted molar refractivity (Wildman–Crippen MR) is 67.6 cm³/mol. The van der Waals surface area contributed by atoms with Crippen LogP contribution < -0.4 is 5.32 Å². The quantitative estimate of drug-likeness (QED) is 0.894. The highest BCUT2D eigenvalue weighted by Crippen LogP contribution is 2.53. The van der Waals surface area contributed by atoms with E-state index in [2.05, 4.69) is 20.3 Å². The first kappa shape index (κ1) is 10.4. The fourth-order valence-corrected chi connectivity index (χ4v) is 5.19. The van der Waals surface area contributed by atoms with Crippen molar-refractivity contribution in [3.63, 3.8) is 0 Å². The van der Waals surface area contributed by atoms with Crippen molar-refractivity contribution in [3.05, 3.63) is 11.1 Å². The zero-order valence-corrected chi connectivity index (χ0v) is 10.8. The normalized spacial score (nSPS) is 43.2. The van der Waals surface area contributed by atoms with Gasteiger partial charge < -0.3 is 5.32 Å². The van der Waals surface area contributed by atoms with Crippen molar-refractivity contribution in [2.24, 2.45) is 23.7 Å². The van der Waals surface area contributed by atoms with Crippen LogP contribution in [0.1, 0.15) is 37.8 Å². The summed E-state index contributed by atoms with van der Waals surface area (Å²) in [5.41, 5.74) is 1.11. The second kappa shape index (κ2) is 4.02. The molecule has 4 aliphatic rings. The van der Waals surface area contributed by atoms with Crippen LogP contribution in [0.2, 0.25) is 0 Å². The minimum Gasteiger partial charge on any atom is -0.308 e. The monoisotopic (exact) mass is 249 g/mol. The van der Waals surface area contributed by atoms with Gasteiger partial charge in [0.05, 0.1) is 5.69 Å². The Hall–Kier alpha value is -0.480. The number of hydrogen-bond acceptors (Lipinski definition) is 4. The summed E-state index contributed by atoms with van der Waals surface area (Å²) in [5.74, 6) is 4.05. The van der Waals surface area contributed by atoms with Gasteiger partial charge in [-0.3, -0.25) is 0 Å². The topological polar surface area (TPSA) is 37.8 Å². The van der Waals surface area contributed by atoms with E-state index in [9.17, 15) is 0 Å². The smallest absolute Gasteiger partial charge is 0.0893 e. The average molecular weight is 249 g/mol. The zero-order chi connectivity index (χ0) is 11.2. The number of rotatable bonds is 3. The van der Waals surface area contributed by atoms with Crippen molar-refractivity contribution in [2.75, 3.05) is 0 Å². The summed E-state index contributed by atoms with van der Waals surface area (Å²) in [5, 5.41) is 9.95. The summed E-state index contributed by atoms with van der Waals surface area (Å²) in [7, 11) is 0. The third-order valence-corrected chi connectivity index (χ3v) is 5.70. The summed E-state index contributed by atoms with van der Waals surface area (Å²) >= 11 is 1.45. The van der Waals surface area contributed by atoms with E-state index in [4.69, 9.17) is 0 Å². The Morgan fingerprint density at radius 3 is 2.41 bits per heavy atom. The molecule has 4 aliphatic carbocycles. The van der Waals surface area contributed by atoms with Gasteiger partial charge in [0.2, 0.25) is 0 Å². The first-order valence-electron chi connectivity index (χ1n) is 6.88. The van der Waals surface area contributed by atoms with Crippen molar-refractivity contribution in [1.29, 1.82) is 0 Å². The van der Waals surface area contributed by atoms with E-state index >= 15 is 0 Å². The Morgan fingerprint density at radius 1 is 1.12 bits per heavy atom. The van der Waals surface area contributed by atoms with E-state index in [-0.39, 0.29) is 0 Å². The Labute approximate surface area is 106 Å². The van der Waals surface area contributed by atoms with Crippen molar-refractivity contribution >= 4 is 11.5 Å².